The van der Waals surface area contributed by atoms with Crippen LogP contribution in [0.1, 0.15) is 5.56 Å². The average Bonchev–Trinajstić information content (AvgIpc) is 2.10. The SMILES string of the molecule is N#Cc1c(OC(F)(F)F)cnc(F)c1N. The Bertz CT molecular complexity index is 423. The second-order valence-corrected chi connectivity index (χ2v) is 2.36. The lowest BCUT2D eigenvalue weighted by Gasteiger charge is -2.10. The summed E-state index contributed by atoms with van der Waals surface area (Å²) in [5.74, 6) is -2.15. The van der Waals surface area contributed by atoms with Crippen molar-refractivity contribution in [2.75, 3.05) is 5.73 Å². The maximum Gasteiger partial charge on any atom is 0.573 e. The standard InChI is InChI=1S/C7H3F4N3O/c8-6-5(13)3(1-12)4(2-14-6)15-7(9,10)11/h2H,13H2. The van der Waals surface area contributed by atoms with Gasteiger partial charge < -0.3 is 10.5 Å². The normalized spacial score (nSPS) is 10.9. The van der Waals surface area contributed by atoms with Gasteiger partial charge in [0.05, 0.1) is 6.20 Å². The van der Waals surface area contributed by atoms with E-state index in [1.165, 1.54) is 6.07 Å². The molecule has 0 unspecified atom stereocenters. The molecular weight excluding hydrogens is 218 g/mol. The van der Waals surface area contributed by atoms with Gasteiger partial charge in [0.15, 0.2) is 5.75 Å². The smallest absolute Gasteiger partial charge is 0.403 e. The van der Waals surface area contributed by atoms with Crippen LogP contribution < -0.4 is 10.5 Å². The van der Waals surface area contributed by atoms with E-state index in [9.17, 15) is 17.6 Å². The van der Waals surface area contributed by atoms with Crippen LogP contribution in [0, 0.1) is 17.3 Å². The van der Waals surface area contributed by atoms with Crippen LogP contribution in [0.2, 0.25) is 0 Å². The van der Waals surface area contributed by atoms with E-state index in [0.717, 1.165) is 0 Å². The number of nitrogens with zero attached hydrogens (tertiary/aromatic N) is 2. The Morgan fingerprint density at radius 3 is 2.53 bits per heavy atom. The van der Waals surface area contributed by atoms with E-state index in [-0.39, 0.29) is 0 Å². The van der Waals surface area contributed by atoms with Gasteiger partial charge in [-0.1, -0.05) is 0 Å². The Balaban J connectivity index is 3.21. The van der Waals surface area contributed by atoms with Crippen LogP contribution in [-0.4, -0.2) is 11.3 Å². The first-order chi connectivity index (χ1) is 6.85. The Morgan fingerprint density at radius 1 is 1.47 bits per heavy atom. The van der Waals surface area contributed by atoms with Crippen molar-refractivity contribution >= 4 is 5.69 Å². The molecule has 0 spiro atoms. The maximum absolute atomic E-state index is 12.7. The van der Waals surface area contributed by atoms with Crippen molar-refractivity contribution in [1.29, 1.82) is 5.26 Å². The van der Waals surface area contributed by atoms with Crippen LogP contribution in [0.4, 0.5) is 23.2 Å². The monoisotopic (exact) mass is 221 g/mol. The third-order valence-corrected chi connectivity index (χ3v) is 1.37. The van der Waals surface area contributed by atoms with E-state index >= 15 is 0 Å². The Labute approximate surface area is 80.9 Å². The fraction of sp³-hybridized carbons (Fsp3) is 0.143. The first-order valence-electron chi connectivity index (χ1n) is 3.45. The number of nitriles is 1. The molecule has 1 aromatic rings. The van der Waals surface area contributed by atoms with E-state index in [4.69, 9.17) is 11.0 Å². The molecule has 0 saturated heterocycles. The molecule has 0 aliphatic heterocycles. The number of hydrogen-bond acceptors (Lipinski definition) is 4. The summed E-state index contributed by atoms with van der Waals surface area (Å²) >= 11 is 0. The van der Waals surface area contributed by atoms with Gasteiger partial charge in [-0.05, 0) is 0 Å². The van der Waals surface area contributed by atoms with Crippen molar-refractivity contribution < 1.29 is 22.3 Å². The lowest BCUT2D eigenvalue weighted by atomic mass is 10.2. The molecular formula is C7H3F4N3O. The minimum atomic E-state index is -4.99. The maximum atomic E-state index is 12.7. The highest BCUT2D eigenvalue weighted by Gasteiger charge is 2.33. The zero-order valence-corrected chi connectivity index (χ0v) is 6.97. The molecule has 0 aliphatic carbocycles. The zero-order chi connectivity index (χ0) is 11.6. The minimum Gasteiger partial charge on any atom is -0.403 e. The number of aromatic nitrogens is 1. The molecule has 2 N–H and O–H groups in total. The van der Waals surface area contributed by atoms with Crippen LogP contribution in [0.25, 0.3) is 0 Å². The first-order valence-corrected chi connectivity index (χ1v) is 3.45. The summed E-state index contributed by atoms with van der Waals surface area (Å²) in [6, 6.07) is 1.30. The number of anilines is 1. The lowest BCUT2D eigenvalue weighted by Crippen LogP contribution is -2.18. The zero-order valence-electron chi connectivity index (χ0n) is 6.97. The molecule has 0 atom stereocenters. The van der Waals surface area contributed by atoms with Gasteiger partial charge >= 0.3 is 6.36 Å². The van der Waals surface area contributed by atoms with E-state index in [0.29, 0.717) is 6.20 Å². The second kappa shape index (κ2) is 3.61. The molecule has 4 nitrogen and oxygen atoms in total. The summed E-state index contributed by atoms with van der Waals surface area (Å²) in [7, 11) is 0. The first kappa shape index (κ1) is 11.0. The molecule has 0 aliphatic rings. The van der Waals surface area contributed by atoms with Crippen molar-refractivity contribution in [2.45, 2.75) is 6.36 Å². The van der Waals surface area contributed by atoms with Crippen molar-refractivity contribution in [3.63, 3.8) is 0 Å². The van der Waals surface area contributed by atoms with Crippen LogP contribution in [0.5, 0.6) is 5.75 Å². The molecule has 0 radical (unpaired) electrons. The number of hydrogen-bond donors (Lipinski definition) is 1. The number of ether oxygens (including phenoxy) is 1. The third-order valence-electron chi connectivity index (χ3n) is 1.37. The van der Waals surface area contributed by atoms with Gasteiger partial charge in [-0.15, -0.1) is 13.2 Å². The van der Waals surface area contributed by atoms with E-state index < -0.39 is 29.3 Å². The number of pyridine rings is 1. The Kier molecular flexibility index (Phi) is 2.65. The predicted molar refractivity (Wildman–Crippen MR) is 40.0 cm³/mol. The highest BCUT2D eigenvalue weighted by atomic mass is 19.4. The van der Waals surface area contributed by atoms with Crippen molar-refractivity contribution in [3.05, 3.63) is 17.7 Å². The largest absolute Gasteiger partial charge is 0.573 e. The van der Waals surface area contributed by atoms with Gasteiger partial charge in [0.25, 0.3) is 0 Å². The van der Waals surface area contributed by atoms with Gasteiger partial charge in [0.2, 0.25) is 5.95 Å². The highest BCUT2D eigenvalue weighted by molar-refractivity contribution is 5.59. The number of halogens is 4. The molecule has 1 rings (SSSR count). The lowest BCUT2D eigenvalue weighted by molar-refractivity contribution is -0.274. The summed E-state index contributed by atoms with van der Waals surface area (Å²) in [6.07, 6.45) is -4.55. The van der Waals surface area contributed by atoms with Gasteiger partial charge in [-0.2, -0.15) is 9.65 Å². The Hall–Kier alpha value is -2.04. The number of nitrogen functional groups attached to an aromatic ring is 1. The summed E-state index contributed by atoms with van der Waals surface area (Å²) in [4.78, 5) is 2.90. The van der Waals surface area contributed by atoms with Gasteiger partial charge in [0.1, 0.15) is 17.3 Å². The second-order valence-electron chi connectivity index (χ2n) is 2.36. The van der Waals surface area contributed by atoms with Crippen molar-refractivity contribution in [1.82, 2.24) is 4.98 Å². The third kappa shape index (κ3) is 2.46. The molecule has 15 heavy (non-hydrogen) atoms. The number of rotatable bonds is 1. The molecule has 0 aromatic carbocycles. The predicted octanol–water partition coefficient (Wildman–Crippen LogP) is 1.57. The molecule has 80 valence electrons. The fourth-order valence-electron chi connectivity index (χ4n) is 0.803. The van der Waals surface area contributed by atoms with E-state index in [1.54, 1.807) is 0 Å². The molecule has 1 aromatic heterocycles. The summed E-state index contributed by atoms with van der Waals surface area (Å²) in [5, 5.41) is 8.45. The van der Waals surface area contributed by atoms with Crippen LogP contribution in [-0.2, 0) is 0 Å². The number of alkyl halides is 3. The van der Waals surface area contributed by atoms with E-state index in [1.807, 2.05) is 0 Å². The summed E-state index contributed by atoms with van der Waals surface area (Å²) in [6.45, 7) is 0. The summed E-state index contributed by atoms with van der Waals surface area (Å²) in [5.41, 5.74) is 3.49. The number of nitrogens with two attached hydrogens (primary N) is 1. The molecule has 8 heteroatoms. The van der Waals surface area contributed by atoms with Gasteiger partial charge in [-0.3, -0.25) is 0 Å². The molecule has 0 bridgehead atoms. The Morgan fingerprint density at radius 2 is 2.07 bits per heavy atom. The minimum absolute atomic E-state index is 0.442. The van der Waals surface area contributed by atoms with Crippen molar-refractivity contribution in [3.8, 4) is 11.8 Å². The molecule has 0 amide bonds. The van der Waals surface area contributed by atoms with Crippen LogP contribution in [0.3, 0.4) is 0 Å². The average molecular weight is 221 g/mol. The van der Waals surface area contributed by atoms with Gasteiger partial charge in [0, 0.05) is 0 Å². The van der Waals surface area contributed by atoms with Crippen LogP contribution in [0.15, 0.2) is 6.20 Å². The van der Waals surface area contributed by atoms with E-state index in [2.05, 4.69) is 9.72 Å². The molecule has 0 saturated carbocycles. The topological polar surface area (TPSA) is 71.9 Å². The van der Waals surface area contributed by atoms with Gasteiger partial charge in [-0.25, -0.2) is 4.98 Å². The fourth-order valence-corrected chi connectivity index (χ4v) is 0.803. The highest BCUT2D eigenvalue weighted by Crippen LogP contribution is 2.29. The molecule has 1 heterocycles. The molecule has 0 fully saturated rings. The summed E-state index contributed by atoms with van der Waals surface area (Å²) < 4.78 is 51.5. The van der Waals surface area contributed by atoms with Crippen molar-refractivity contribution in [2.24, 2.45) is 0 Å². The quantitative estimate of drug-likeness (QED) is 0.577. The van der Waals surface area contributed by atoms with Crippen LogP contribution >= 0.6 is 0 Å².